The highest BCUT2D eigenvalue weighted by atomic mass is 35.5. The Balaban J connectivity index is 2.57. The van der Waals surface area contributed by atoms with Crippen molar-refractivity contribution in [3.8, 4) is 0 Å². The molecule has 0 bridgehead atoms. The molecule has 0 radical (unpaired) electrons. The highest BCUT2D eigenvalue weighted by molar-refractivity contribution is 6.31. The summed E-state index contributed by atoms with van der Waals surface area (Å²) in [4.78, 5) is 0. The molecular weight excluding hydrogens is 217 g/mol. The molecule has 0 saturated heterocycles. The van der Waals surface area contributed by atoms with Crippen molar-refractivity contribution in [2.45, 2.75) is 13.3 Å². The van der Waals surface area contributed by atoms with E-state index in [1.54, 1.807) is 13.0 Å². The van der Waals surface area contributed by atoms with Gasteiger partial charge in [0.1, 0.15) is 5.82 Å². The lowest BCUT2D eigenvalue weighted by Crippen LogP contribution is -2.21. The largest absolute Gasteiger partial charge is 0.395 e. The van der Waals surface area contributed by atoms with E-state index >= 15 is 0 Å². The molecule has 2 N–H and O–H groups in total. The molecule has 4 heteroatoms. The molecule has 0 aliphatic carbocycles. The molecule has 1 rings (SSSR count). The van der Waals surface area contributed by atoms with Gasteiger partial charge in [-0.05, 0) is 43.1 Å². The van der Waals surface area contributed by atoms with Crippen molar-refractivity contribution in [1.82, 2.24) is 5.32 Å². The van der Waals surface area contributed by atoms with E-state index in [0.29, 0.717) is 30.1 Å². The second-order valence-corrected chi connectivity index (χ2v) is 3.82. The molecule has 1 aromatic carbocycles. The van der Waals surface area contributed by atoms with Crippen molar-refractivity contribution in [3.63, 3.8) is 0 Å². The molecular formula is C11H15ClFNO. The summed E-state index contributed by atoms with van der Waals surface area (Å²) in [5, 5.41) is 12.2. The summed E-state index contributed by atoms with van der Waals surface area (Å²) in [5.74, 6) is -0.225. The van der Waals surface area contributed by atoms with Crippen molar-refractivity contribution in [1.29, 1.82) is 0 Å². The van der Waals surface area contributed by atoms with Crippen LogP contribution in [0.5, 0.6) is 0 Å². The zero-order chi connectivity index (χ0) is 11.3. The quantitative estimate of drug-likeness (QED) is 0.759. The van der Waals surface area contributed by atoms with E-state index in [-0.39, 0.29) is 12.4 Å². The minimum absolute atomic E-state index is 0.107. The zero-order valence-electron chi connectivity index (χ0n) is 8.69. The molecule has 0 aromatic heterocycles. The van der Waals surface area contributed by atoms with Crippen molar-refractivity contribution in [2.75, 3.05) is 19.7 Å². The Labute approximate surface area is 94.1 Å². The predicted octanol–water partition coefficient (Wildman–Crippen LogP) is 1.91. The number of aliphatic hydroxyl groups excluding tert-OH is 1. The smallest absolute Gasteiger partial charge is 0.126 e. The first-order valence-corrected chi connectivity index (χ1v) is 5.29. The molecule has 0 spiro atoms. The molecule has 0 unspecified atom stereocenters. The summed E-state index contributed by atoms with van der Waals surface area (Å²) >= 11 is 5.97. The van der Waals surface area contributed by atoms with E-state index in [1.807, 2.05) is 0 Å². The Morgan fingerprint density at radius 2 is 2.13 bits per heavy atom. The molecule has 15 heavy (non-hydrogen) atoms. The molecule has 0 heterocycles. The van der Waals surface area contributed by atoms with Gasteiger partial charge in [-0.2, -0.15) is 0 Å². The van der Waals surface area contributed by atoms with Gasteiger partial charge in [0.05, 0.1) is 6.61 Å². The standard InChI is InChI=1S/C11H15ClFNO/c1-8-6-10(12)9(7-11(8)13)2-3-14-4-5-15/h6-7,14-15H,2-5H2,1H3. The van der Waals surface area contributed by atoms with Crippen LogP contribution in [0.2, 0.25) is 5.02 Å². The third-order valence-electron chi connectivity index (χ3n) is 2.19. The van der Waals surface area contributed by atoms with Crippen molar-refractivity contribution in [3.05, 3.63) is 34.1 Å². The van der Waals surface area contributed by atoms with Crippen molar-refractivity contribution < 1.29 is 9.50 Å². The van der Waals surface area contributed by atoms with E-state index in [1.165, 1.54) is 6.07 Å². The van der Waals surface area contributed by atoms with E-state index in [9.17, 15) is 4.39 Å². The van der Waals surface area contributed by atoms with Gasteiger partial charge in [0.2, 0.25) is 0 Å². The van der Waals surface area contributed by atoms with Crippen LogP contribution in [0.4, 0.5) is 4.39 Å². The third-order valence-corrected chi connectivity index (χ3v) is 2.54. The number of halogens is 2. The zero-order valence-corrected chi connectivity index (χ0v) is 9.44. The number of nitrogens with one attached hydrogen (secondary N) is 1. The number of aryl methyl sites for hydroxylation is 1. The molecule has 2 nitrogen and oxygen atoms in total. The van der Waals surface area contributed by atoms with Gasteiger partial charge in [-0.1, -0.05) is 11.6 Å². The molecule has 0 saturated carbocycles. The van der Waals surface area contributed by atoms with Gasteiger partial charge < -0.3 is 10.4 Å². The van der Waals surface area contributed by atoms with E-state index in [0.717, 1.165) is 5.56 Å². The van der Waals surface area contributed by atoms with Gasteiger partial charge in [-0.15, -0.1) is 0 Å². The fourth-order valence-electron chi connectivity index (χ4n) is 1.31. The highest BCUT2D eigenvalue weighted by Gasteiger charge is 2.05. The molecule has 0 fully saturated rings. The van der Waals surface area contributed by atoms with Crippen molar-refractivity contribution in [2.24, 2.45) is 0 Å². The molecule has 0 amide bonds. The first-order chi connectivity index (χ1) is 7.15. The number of aliphatic hydroxyl groups is 1. The summed E-state index contributed by atoms with van der Waals surface area (Å²) in [6.45, 7) is 3.03. The summed E-state index contributed by atoms with van der Waals surface area (Å²) in [5.41, 5.74) is 1.36. The average molecular weight is 232 g/mol. The van der Waals surface area contributed by atoms with Crippen LogP contribution in [-0.4, -0.2) is 24.8 Å². The lowest BCUT2D eigenvalue weighted by molar-refractivity contribution is 0.293. The average Bonchev–Trinajstić information content (AvgIpc) is 2.20. The predicted molar refractivity (Wildman–Crippen MR) is 59.8 cm³/mol. The van der Waals surface area contributed by atoms with Crippen LogP contribution in [0.1, 0.15) is 11.1 Å². The second kappa shape index (κ2) is 6.05. The van der Waals surface area contributed by atoms with E-state index in [2.05, 4.69) is 5.32 Å². The van der Waals surface area contributed by atoms with Crippen LogP contribution in [-0.2, 0) is 6.42 Å². The Morgan fingerprint density at radius 1 is 1.40 bits per heavy atom. The minimum Gasteiger partial charge on any atom is -0.395 e. The third kappa shape index (κ3) is 3.78. The van der Waals surface area contributed by atoms with Gasteiger partial charge in [-0.25, -0.2) is 4.39 Å². The first-order valence-electron chi connectivity index (χ1n) is 4.91. The Morgan fingerprint density at radius 3 is 2.80 bits per heavy atom. The lowest BCUT2D eigenvalue weighted by Gasteiger charge is -2.07. The number of benzene rings is 1. The maximum atomic E-state index is 13.2. The minimum atomic E-state index is -0.225. The molecule has 0 aliphatic heterocycles. The van der Waals surface area contributed by atoms with Gasteiger partial charge in [0.25, 0.3) is 0 Å². The molecule has 84 valence electrons. The SMILES string of the molecule is Cc1cc(Cl)c(CCNCCO)cc1F. The molecule has 0 atom stereocenters. The fraction of sp³-hybridized carbons (Fsp3) is 0.455. The first kappa shape index (κ1) is 12.4. The normalized spacial score (nSPS) is 10.7. The Bertz CT molecular complexity index is 331. The lowest BCUT2D eigenvalue weighted by atomic mass is 10.1. The maximum absolute atomic E-state index is 13.2. The molecule has 1 aromatic rings. The van der Waals surface area contributed by atoms with E-state index in [4.69, 9.17) is 16.7 Å². The molecule has 0 aliphatic rings. The number of hydrogen-bond acceptors (Lipinski definition) is 2. The van der Waals surface area contributed by atoms with Crippen LogP contribution >= 0.6 is 11.6 Å². The summed E-state index contributed by atoms with van der Waals surface area (Å²) < 4.78 is 13.2. The van der Waals surface area contributed by atoms with Crippen LogP contribution in [0, 0.1) is 12.7 Å². The summed E-state index contributed by atoms with van der Waals surface area (Å²) in [6.07, 6.45) is 0.663. The fourth-order valence-corrected chi connectivity index (χ4v) is 1.62. The topological polar surface area (TPSA) is 32.3 Å². The van der Waals surface area contributed by atoms with Crippen LogP contribution < -0.4 is 5.32 Å². The highest BCUT2D eigenvalue weighted by Crippen LogP contribution is 2.20. The van der Waals surface area contributed by atoms with Gasteiger partial charge in [-0.3, -0.25) is 0 Å². The maximum Gasteiger partial charge on any atom is 0.126 e. The summed E-state index contributed by atoms with van der Waals surface area (Å²) in [7, 11) is 0. The number of rotatable bonds is 5. The Kier molecular flexibility index (Phi) is 5.02. The van der Waals surface area contributed by atoms with Gasteiger partial charge in [0.15, 0.2) is 0 Å². The monoisotopic (exact) mass is 231 g/mol. The second-order valence-electron chi connectivity index (χ2n) is 3.42. The van der Waals surface area contributed by atoms with Gasteiger partial charge in [0, 0.05) is 11.6 Å². The van der Waals surface area contributed by atoms with Crippen LogP contribution in [0.3, 0.4) is 0 Å². The van der Waals surface area contributed by atoms with Crippen molar-refractivity contribution >= 4 is 11.6 Å². The van der Waals surface area contributed by atoms with Crippen LogP contribution in [0.15, 0.2) is 12.1 Å². The number of hydrogen-bond donors (Lipinski definition) is 2. The van der Waals surface area contributed by atoms with E-state index < -0.39 is 0 Å². The van der Waals surface area contributed by atoms with Crippen LogP contribution in [0.25, 0.3) is 0 Å². The van der Waals surface area contributed by atoms with Gasteiger partial charge >= 0.3 is 0 Å². The Hall–Kier alpha value is -0.640. The summed E-state index contributed by atoms with van der Waals surface area (Å²) in [6, 6.07) is 3.11.